The molecule has 6 unspecified atom stereocenters. The summed E-state index contributed by atoms with van der Waals surface area (Å²) >= 11 is 0. The number of ether oxygens (including phenoxy) is 5. The lowest BCUT2D eigenvalue weighted by molar-refractivity contribution is -0.346. The maximum atomic E-state index is 11.2. The van der Waals surface area contributed by atoms with E-state index < -0.39 is 112 Å². The van der Waals surface area contributed by atoms with E-state index in [0.29, 0.717) is 0 Å². The largest absolute Gasteiger partial charge is 0.394 e. The monoisotopic (exact) mass is 615 g/mol. The van der Waals surface area contributed by atoms with Crippen LogP contribution in [0, 0.1) is 0 Å². The van der Waals surface area contributed by atoms with E-state index in [9.17, 15) is 35.7 Å². The second kappa shape index (κ2) is 19.5. The number of carbonyl (C=O) groups is 1. The summed E-state index contributed by atoms with van der Waals surface area (Å²) in [5.74, 6) is 0. The maximum absolute atomic E-state index is 11.2. The molecule has 0 spiro atoms. The van der Waals surface area contributed by atoms with E-state index in [-0.39, 0.29) is 0 Å². The van der Waals surface area contributed by atoms with Gasteiger partial charge in [-0.1, -0.05) is 13.8 Å². The molecule has 16 heteroatoms. The van der Waals surface area contributed by atoms with Gasteiger partial charge in [0.1, 0.15) is 61.2 Å². The van der Waals surface area contributed by atoms with E-state index >= 15 is 0 Å². The van der Waals surface area contributed by atoms with Crippen LogP contribution in [0.2, 0.25) is 0 Å². The molecule has 0 aliphatic carbocycles. The third kappa shape index (κ3) is 9.06. The number of aldehydes is 1. The van der Waals surface area contributed by atoms with Crippen molar-refractivity contribution in [2.45, 2.75) is 119 Å². The molecule has 15 atom stereocenters. The average Bonchev–Trinajstić information content (AvgIpc) is 2.99. The van der Waals surface area contributed by atoms with Crippen LogP contribution in [0.25, 0.3) is 0 Å². The molecule has 3 rings (SSSR count). The molecule has 3 saturated heterocycles. The summed E-state index contributed by atoms with van der Waals surface area (Å²) in [5.41, 5.74) is 0. The predicted molar refractivity (Wildman–Crippen MR) is 148 cm³/mol. The first-order chi connectivity index (χ1) is 20.1. The normalized spacial score (nSPS) is 43.8. The van der Waals surface area contributed by atoms with Gasteiger partial charge in [-0.15, -0.1) is 0 Å². The Hall–Kier alpha value is -0.930. The second-order valence-electron chi connectivity index (χ2n) is 9.86. The van der Waals surface area contributed by atoms with Gasteiger partial charge in [-0.3, -0.25) is 0 Å². The zero-order valence-electron chi connectivity index (χ0n) is 25.4. The lowest BCUT2D eigenvalue weighted by Crippen LogP contribution is -2.69. The average molecular weight is 616 g/mol. The molecule has 250 valence electrons. The van der Waals surface area contributed by atoms with Gasteiger partial charge in [0.15, 0.2) is 12.6 Å². The molecule has 3 aliphatic rings. The molecule has 3 heterocycles. The molecule has 0 amide bonds. The molecule has 10 N–H and O–H groups in total. The van der Waals surface area contributed by atoms with E-state index in [2.05, 4.69) is 16.0 Å². The summed E-state index contributed by atoms with van der Waals surface area (Å²) in [6, 6.07) is -2.35. The SMILES string of the molecule is CC.CC=O.CNC1[C@H](O[C@@H]2C(CO)O[C@@H](O[C@@H]3C(CO)O[C@@H](C)C(NC)[C@H]3O)C(NC)[C@H]2O)OC(CO)[C@@H](O)[C@@H]1O. The van der Waals surface area contributed by atoms with Crippen LogP contribution in [0.15, 0.2) is 0 Å². The minimum absolute atomic E-state index is 0.412. The van der Waals surface area contributed by atoms with E-state index in [0.717, 1.165) is 6.29 Å². The van der Waals surface area contributed by atoms with Gasteiger partial charge in [-0.2, -0.15) is 0 Å². The van der Waals surface area contributed by atoms with Gasteiger partial charge < -0.3 is 80.2 Å². The number of hydrogen-bond donors (Lipinski definition) is 10. The quantitative estimate of drug-likeness (QED) is 0.104. The molecule has 3 fully saturated rings. The summed E-state index contributed by atoms with van der Waals surface area (Å²) in [6.45, 7) is 5.60. The number of hydrogen-bond acceptors (Lipinski definition) is 16. The Morgan fingerprint density at radius 3 is 1.40 bits per heavy atom. The Kier molecular flexibility index (Phi) is 18.1. The van der Waals surface area contributed by atoms with Crippen LogP contribution in [-0.4, -0.2) is 175 Å². The lowest BCUT2D eigenvalue weighted by atomic mass is 9.92. The Morgan fingerprint density at radius 2 is 1.00 bits per heavy atom. The van der Waals surface area contributed by atoms with Crippen LogP contribution in [0.1, 0.15) is 27.7 Å². The summed E-state index contributed by atoms with van der Waals surface area (Å²) in [5, 5.41) is 80.9. The molecule has 0 aromatic rings. The fraction of sp³-hybridized carbons (Fsp3) is 0.962. The summed E-state index contributed by atoms with van der Waals surface area (Å²) < 4.78 is 29.4. The molecule has 0 radical (unpaired) electrons. The maximum Gasteiger partial charge on any atom is 0.176 e. The van der Waals surface area contributed by atoms with E-state index in [1.165, 1.54) is 14.0 Å². The molecule has 42 heavy (non-hydrogen) atoms. The molecular formula is C26H53N3O13. The van der Waals surface area contributed by atoms with Crippen LogP contribution in [-0.2, 0) is 28.5 Å². The van der Waals surface area contributed by atoms with Gasteiger partial charge in [-0.25, -0.2) is 0 Å². The van der Waals surface area contributed by atoms with E-state index in [1.54, 1.807) is 21.0 Å². The van der Waals surface area contributed by atoms with Gasteiger partial charge in [0.05, 0.1) is 44.1 Å². The highest BCUT2D eigenvalue weighted by Crippen LogP contribution is 2.32. The third-order valence-corrected chi connectivity index (χ3v) is 7.46. The zero-order valence-corrected chi connectivity index (χ0v) is 25.4. The highest BCUT2D eigenvalue weighted by Gasteiger charge is 2.53. The molecule has 0 bridgehead atoms. The Labute approximate surface area is 247 Å². The van der Waals surface area contributed by atoms with Crippen molar-refractivity contribution in [2.75, 3.05) is 41.0 Å². The highest BCUT2D eigenvalue weighted by atomic mass is 16.7. The first-order valence-electron chi connectivity index (χ1n) is 14.3. The fourth-order valence-corrected chi connectivity index (χ4v) is 5.33. The number of rotatable bonds is 10. The highest BCUT2D eigenvalue weighted by molar-refractivity contribution is 5.44. The minimum Gasteiger partial charge on any atom is -0.394 e. The molecule has 16 nitrogen and oxygen atoms in total. The number of aliphatic hydroxyl groups is 7. The zero-order chi connectivity index (χ0) is 32.1. The number of nitrogens with one attached hydrogen (secondary N) is 3. The number of aliphatic hydroxyl groups excluding tert-OH is 7. The van der Waals surface area contributed by atoms with Gasteiger partial charge in [0, 0.05) is 0 Å². The van der Waals surface area contributed by atoms with Crippen LogP contribution in [0.3, 0.4) is 0 Å². The van der Waals surface area contributed by atoms with Crippen LogP contribution >= 0.6 is 0 Å². The standard InChI is InChI=1S/C22H43N3O12.C2H4O.C2H6/c1-8-12(23-2)17(31)19(10(6-27)33-8)36-22-14(25-4)18(32)20(11(7-28)35-22)37-21-13(24-3)16(30)15(29)9(5-26)34-21;1-2-3;1-2/h8-32H,5-7H2,1-4H3;2H,1H3;1-2H3/t8-,9?,10?,11?,12?,13?,14?,15+,16+,17+,18+,19+,20+,21-,22-;;/m0../s1. The minimum atomic E-state index is -1.38. The van der Waals surface area contributed by atoms with Crippen LogP contribution in [0.5, 0.6) is 0 Å². The lowest BCUT2D eigenvalue weighted by Gasteiger charge is -2.50. The predicted octanol–water partition coefficient (Wildman–Crippen LogP) is -4.59. The Bertz CT molecular complexity index is 744. The summed E-state index contributed by atoms with van der Waals surface area (Å²) in [6.07, 6.45) is -12.6. The third-order valence-electron chi connectivity index (χ3n) is 7.46. The molecule has 0 aromatic heterocycles. The first kappa shape index (κ1) is 39.1. The van der Waals surface area contributed by atoms with Crippen molar-refractivity contribution >= 4 is 6.29 Å². The van der Waals surface area contributed by atoms with Gasteiger partial charge in [0.25, 0.3) is 0 Å². The Morgan fingerprint density at radius 1 is 0.643 bits per heavy atom. The number of carbonyl (C=O) groups excluding carboxylic acids is 1. The van der Waals surface area contributed by atoms with Crippen molar-refractivity contribution in [1.82, 2.24) is 16.0 Å². The molecular weight excluding hydrogens is 562 g/mol. The van der Waals surface area contributed by atoms with Crippen LogP contribution < -0.4 is 16.0 Å². The number of likely N-dealkylation sites (N-methyl/N-ethyl adjacent to an activating group) is 3. The summed E-state index contributed by atoms with van der Waals surface area (Å²) in [4.78, 5) is 8.81. The fourth-order valence-electron chi connectivity index (χ4n) is 5.33. The smallest absolute Gasteiger partial charge is 0.176 e. The second-order valence-corrected chi connectivity index (χ2v) is 9.86. The van der Waals surface area contributed by atoms with Crippen molar-refractivity contribution in [3.8, 4) is 0 Å². The topological polar surface area (TPSA) is 241 Å². The van der Waals surface area contributed by atoms with Gasteiger partial charge in [0.2, 0.25) is 0 Å². The Balaban J connectivity index is 0.00000165. The van der Waals surface area contributed by atoms with Crippen molar-refractivity contribution in [3.05, 3.63) is 0 Å². The molecule has 0 aromatic carbocycles. The molecule has 3 aliphatic heterocycles. The van der Waals surface area contributed by atoms with Crippen molar-refractivity contribution in [1.29, 1.82) is 0 Å². The van der Waals surface area contributed by atoms with Gasteiger partial charge >= 0.3 is 0 Å². The van der Waals surface area contributed by atoms with Crippen molar-refractivity contribution < 1.29 is 64.2 Å². The first-order valence-corrected chi connectivity index (χ1v) is 14.3. The molecule has 0 saturated carbocycles. The summed E-state index contributed by atoms with van der Waals surface area (Å²) in [7, 11) is 4.73. The van der Waals surface area contributed by atoms with Crippen molar-refractivity contribution in [2.24, 2.45) is 0 Å². The van der Waals surface area contributed by atoms with Gasteiger partial charge in [-0.05, 0) is 35.0 Å². The van der Waals surface area contributed by atoms with Crippen LogP contribution in [0.4, 0.5) is 0 Å². The van der Waals surface area contributed by atoms with E-state index in [1.807, 2.05) is 13.8 Å². The van der Waals surface area contributed by atoms with E-state index in [4.69, 9.17) is 28.5 Å². The van der Waals surface area contributed by atoms with Crippen molar-refractivity contribution in [3.63, 3.8) is 0 Å².